The second kappa shape index (κ2) is 8.31. The second-order valence-electron chi connectivity index (χ2n) is 7.17. The average Bonchev–Trinajstić information content (AvgIpc) is 2.79. The van der Waals surface area contributed by atoms with Gasteiger partial charge in [0, 0.05) is 57.5 Å². The van der Waals surface area contributed by atoms with Gasteiger partial charge in [-0.2, -0.15) is 4.98 Å². The van der Waals surface area contributed by atoms with E-state index in [4.69, 9.17) is 9.97 Å². The van der Waals surface area contributed by atoms with Gasteiger partial charge < -0.3 is 14.7 Å². The summed E-state index contributed by atoms with van der Waals surface area (Å²) in [6, 6.07) is 22.4. The fourth-order valence-corrected chi connectivity index (χ4v) is 3.50. The summed E-state index contributed by atoms with van der Waals surface area (Å²) >= 11 is 0. The van der Waals surface area contributed by atoms with Crippen molar-refractivity contribution in [1.29, 1.82) is 0 Å². The van der Waals surface area contributed by atoms with Crippen molar-refractivity contribution in [3.63, 3.8) is 0 Å². The molecule has 6 nitrogen and oxygen atoms in total. The van der Waals surface area contributed by atoms with Crippen LogP contribution in [0.1, 0.15) is 6.92 Å². The molecule has 1 saturated heterocycles. The minimum absolute atomic E-state index is 0.119. The van der Waals surface area contributed by atoms with Crippen LogP contribution < -0.4 is 9.80 Å². The molecule has 0 bridgehead atoms. The van der Waals surface area contributed by atoms with E-state index in [1.165, 1.54) is 0 Å². The summed E-state index contributed by atoms with van der Waals surface area (Å²) < 4.78 is 0. The Balaban J connectivity index is 1.70. The van der Waals surface area contributed by atoms with Crippen LogP contribution in [0.25, 0.3) is 11.3 Å². The van der Waals surface area contributed by atoms with Gasteiger partial charge in [0.25, 0.3) is 0 Å². The molecule has 148 valence electrons. The van der Waals surface area contributed by atoms with Crippen molar-refractivity contribution < 1.29 is 4.79 Å². The maximum Gasteiger partial charge on any atom is 0.228 e. The van der Waals surface area contributed by atoms with Crippen LogP contribution in [-0.4, -0.2) is 54.0 Å². The van der Waals surface area contributed by atoms with Crippen LogP contribution >= 0.6 is 0 Å². The summed E-state index contributed by atoms with van der Waals surface area (Å²) in [5.74, 6) is 1.66. The van der Waals surface area contributed by atoms with Crippen LogP contribution in [-0.2, 0) is 4.79 Å². The van der Waals surface area contributed by atoms with E-state index in [0.29, 0.717) is 19.0 Å². The van der Waals surface area contributed by atoms with Gasteiger partial charge in [-0.3, -0.25) is 4.79 Å². The zero-order valence-electron chi connectivity index (χ0n) is 16.8. The lowest BCUT2D eigenvalue weighted by atomic mass is 10.1. The van der Waals surface area contributed by atoms with Crippen LogP contribution in [0.5, 0.6) is 0 Å². The van der Waals surface area contributed by atoms with Crippen molar-refractivity contribution in [2.75, 3.05) is 43.0 Å². The number of aromatic nitrogens is 2. The van der Waals surface area contributed by atoms with Crippen molar-refractivity contribution in [2.24, 2.45) is 0 Å². The summed E-state index contributed by atoms with van der Waals surface area (Å²) in [7, 11) is 2.02. The lowest BCUT2D eigenvalue weighted by Gasteiger charge is -2.34. The molecule has 0 radical (unpaired) electrons. The smallest absolute Gasteiger partial charge is 0.228 e. The number of hydrogen-bond donors (Lipinski definition) is 0. The maximum atomic E-state index is 11.7. The van der Waals surface area contributed by atoms with E-state index < -0.39 is 0 Å². The fourth-order valence-electron chi connectivity index (χ4n) is 3.50. The Hall–Kier alpha value is -3.41. The minimum Gasteiger partial charge on any atom is -0.339 e. The van der Waals surface area contributed by atoms with Crippen LogP contribution in [0.15, 0.2) is 66.7 Å². The van der Waals surface area contributed by atoms with E-state index in [9.17, 15) is 4.79 Å². The van der Waals surface area contributed by atoms with E-state index in [1.807, 2.05) is 54.4 Å². The van der Waals surface area contributed by atoms with Crippen LogP contribution in [0, 0.1) is 0 Å². The van der Waals surface area contributed by atoms with Gasteiger partial charge in [0.1, 0.15) is 5.82 Å². The summed E-state index contributed by atoms with van der Waals surface area (Å²) in [5, 5.41) is 0. The quantitative estimate of drug-likeness (QED) is 0.685. The van der Waals surface area contributed by atoms with E-state index >= 15 is 0 Å². The lowest BCUT2D eigenvalue weighted by Crippen LogP contribution is -2.48. The first-order chi connectivity index (χ1) is 14.1. The Bertz CT molecular complexity index is 969. The standard InChI is InChI=1S/C23H25N5O/c1-18(29)27-13-15-28(16-14-27)23-24-21(19-9-5-3-6-10-19)17-22(25-23)26(2)20-11-7-4-8-12-20/h3-12,17H,13-16H2,1-2H3. The third kappa shape index (κ3) is 4.21. The monoisotopic (exact) mass is 387 g/mol. The number of benzene rings is 2. The molecule has 2 heterocycles. The number of amides is 1. The van der Waals surface area contributed by atoms with E-state index in [2.05, 4.69) is 34.1 Å². The Morgan fingerprint density at radius 2 is 1.52 bits per heavy atom. The van der Waals surface area contributed by atoms with E-state index in [0.717, 1.165) is 35.9 Å². The highest BCUT2D eigenvalue weighted by Gasteiger charge is 2.22. The normalized spacial score (nSPS) is 14.0. The molecule has 2 aromatic carbocycles. The molecule has 1 aliphatic heterocycles. The number of carbonyl (C=O) groups excluding carboxylic acids is 1. The molecule has 0 unspecified atom stereocenters. The Kier molecular flexibility index (Phi) is 5.42. The Labute approximate surface area is 171 Å². The van der Waals surface area contributed by atoms with Crippen LogP contribution in [0.4, 0.5) is 17.5 Å². The molecular formula is C23H25N5O. The highest BCUT2D eigenvalue weighted by molar-refractivity contribution is 5.73. The number of rotatable bonds is 4. The predicted molar refractivity (Wildman–Crippen MR) is 116 cm³/mol. The van der Waals surface area contributed by atoms with Gasteiger partial charge in [-0.1, -0.05) is 48.5 Å². The molecule has 1 fully saturated rings. The molecule has 29 heavy (non-hydrogen) atoms. The van der Waals surface area contributed by atoms with E-state index in [-0.39, 0.29) is 5.91 Å². The van der Waals surface area contributed by atoms with Crippen molar-refractivity contribution in [3.8, 4) is 11.3 Å². The fraction of sp³-hybridized carbons (Fsp3) is 0.261. The van der Waals surface area contributed by atoms with Crippen LogP contribution in [0.2, 0.25) is 0 Å². The molecule has 6 heteroatoms. The Morgan fingerprint density at radius 3 is 2.14 bits per heavy atom. The average molecular weight is 387 g/mol. The molecule has 1 amide bonds. The lowest BCUT2D eigenvalue weighted by molar-refractivity contribution is -0.129. The van der Waals surface area contributed by atoms with Crippen molar-refractivity contribution in [3.05, 3.63) is 66.7 Å². The summed E-state index contributed by atoms with van der Waals surface area (Å²) in [6.45, 7) is 4.46. The van der Waals surface area contributed by atoms with Gasteiger partial charge in [0.2, 0.25) is 11.9 Å². The van der Waals surface area contributed by atoms with Gasteiger partial charge in [-0.05, 0) is 12.1 Å². The topological polar surface area (TPSA) is 52.6 Å². The summed E-state index contributed by atoms with van der Waals surface area (Å²) in [4.78, 5) is 27.5. The second-order valence-corrected chi connectivity index (χ2v) is 7.17. The van der Waals surface area contributed by atoms with Crippen molar-refractivity contribution >= 4 is 23.4 Å². The molecule has 0 spiro atoms. The number of hydrogen-bond acceptors (Lipinski definition) is 5. The molecule has 0 N–H and O–H groups in total. The minimum atomic E-state index is 0.119. The molecule has 3 aromatic rings. The zero-order valence-corrected chi connectivity index (χ0v) is 16.8. The highest BCUT2D eigenvalue weighted by Crippen LogP contribution is 2.28. The predicted octanol–water partition coefficient (Wildman–Crippen LogP) is 3.58. The summed E-state index contributed by atoms with van der Waals surface area (Å²) in [6.07, 6.45) is 0. The van der Waals surface area contributed by atoms with Crippen LogP contribution in [0.3, 0.4) is 0 Å². The number of carbonyl (C=O) groups is 1. The third-order valence-corrected chi connectivity index (χ3v) is 5.27. The molecule has 4 rings (SSSR count). The SMILES string of the molecule is CC(=O)N1CCN(c2nc(-c3ccccc3)cc(N(C)c3ccccc3)n2)CC1. The number of piperazine rings is 1. The van der Waals surface area contributed by atoms with Gasteiger partial charge in [0.15, 0.2) is 0 Å². The first kappa shape index (κ1) is 18.9. The molecule has 0 aliphatic carbocycles. The first-order valence-electron chi connectivity index (χ1n) is 9.85. The number of anilines is 3. The van der Waals surface area contributed by atoms with Crippen molar-refractivity contribution in [1.82, 2.24) is 14.9 Å². The largest absolute Gasteiger partial charge is 0.339 e. The van der Waals surface area contributed by atoms with E-state index in [1.54, 1.807) is 6.92 Å². The van der Waals surface area contributed by atoms with Gasteiger partial charge in [0.05, 0.1) is 5.69 Å². The summed E-state index contributed by atoms with van der Waals surface area (Å²) in [5.41, 5.74) is 3.01. The number of para-hydroxylation sites is 1. The first-order valence-corrected chi connectivity index (χ1v) is 9.85. The Morgan fingerprint density at radius 1 is 0.897 bits per heavy atom. The number of nitrogens with zero attached hydrogens (tertiary/aromatic N) is 5. The molecule has 1 aromatic heterocycles. The van der Waals surface area contributed by atoms with Gasteiger partial charge in [-0.25, -0.2) is 4.98 Å². The third-order valence-electron chi connectivity index (χ3n) is 5.27. The molecule has 1 aliphatic rings. The molecule has 0 atom stereocenters. The van der Waals surface area contributed by atoms with Crippen molar-refractivity contribution in [2.45, 2.75) is 6.92 Å². The maximum absolute atomic E-state index is 11.7. The highest BCUT2D eigenvalue weighted by atomic mass is 16.2. The van der Waals surface area contributed by atoms with Gasteiger partial charge in [-0.15, -0.1) is 0 Å². The zero-order chi connectivity index (χ0) is 20.2. The van der Waals surface area contributed by atoms with Gasteiger partial charge >= 0.3 is 0 Å². The molecular weight excluding hydrogens is 362 g/mol. The molecule has 0 saturated carbocycles.